The fraction of sp³-hybridized carbons (Fsp3) is 0.786. The minimum Gasteiger partial charge on any atom is -0.380 e. The van der Waals surface area contributed by atoms with Crippen LogP contribution in [0.4, 0.5) is 0 Å². The maximum absolute atomic E-state index is 5.41. The summed E-state index contributed by atoms with van der Waals surface area (Å²) in [6.45, 7) is 9.50. The molecule has 1 unspecified atom stereocenters. The SMILES string of the molecule is COC(C)Cn1c(CC(C)C)nc2c1CCNC2. The molecule has 4 heteroatoms. The molecule has 0 amide bonds. The molecule has 18 heavy (non-hydrogen) atoms. The summed E-state index contributed by atoms with van der Waals surface area (Å²) in [4.78, 5) is 4.82. The predicted molar refractivity (Wildman–Crippen MR) is 72.7 cm³/mol. The van der Waals surface area contributed by atoms with Crippen LogP contribution in [0, 0.1) is 5.92 Å². The van der Waals surface area contributed by atoms with Gasteiger partial charge in [-0.3, -0.25) is 0 Å². The normalized spacial score (nSPS) is 16.9. The molecule has 0 aliphatic carbocycles. The highest BCUT2D eigenvalue weighted by Crippen LogP contribution is 2.19. The minimum atomic E-state index is 0.240. The van der Waals surface area contributed by atoms with Crippen molar-refractivity contribution in [3.8, 4) is 0 Å². The monoisotopic (exact) mass is 251 g/mol. The second kappa shape index (κ2) is 5.85. The van der Waals surface area contributed by atoms with Crippen molar-refractivity contribution in [2.45, 2.75) is 52.8 Å². The van der Waals surface area contributed by atoms with Crippen LogP contribution in [0.2, 0.25) is 0 Å². The number of methoxy groups -OCH3 is 1. The number of aromatic nitrogens is 2. The molecule has 1 aromatic heterocycles. The molecule has 0 saturated carbocycles. The van der Waals surface area contributed by atoms with E-state index in [0.29, 0.717) is 5.92 Å². The zero-order valence-electron chi connectivity index (χ0n) is 12.0. The number of nitrogens with one attached hydrogen (secondary N) is 1. The first-order valence-electron chi connectivity index (χ1n) is 6.92. The molecule has 1 aliphatic rings. The number of hydrogen-bond acceptors (Lipinski definition) is 3. The van der Waals surface area contributed by atoms with Crippen LogP contribution in [-0.2, 0) is 30.7 Å². The highest BCUT2D eigenvalue weighted by atomic mass is 16.5. The van der Waals surface area contributed by atoms with Crippen molar-refractivity contribution in [1.29, 1.82) is 0 Å². The van der Waals surface area contributed by atoms with Gasteiger partial charge in [0.15, 0.2) is 0 Å². The standard InChI is InChI=1S/C14H25N3O/c1-10(2)7-14-16-12-8-15-6-5-13(12)17(14)9-11(3)18-4/h10-11,15H,5-9H2,1-4H3. The molecule has 4 nitrogen and oxygen atoms in total. The van der Waals surface area contributed by atoms with Gasteiger partial charge in [0.25, 0.3) is 0 Å². The topological polar surface area (TPSA) is 39.1 Å². The molecule has 0 radical (unpaired) electrons. The fourth-order valence-corrected chi connectivity index (χ4v) is 2.49. The molecule has 0 fully saturated rings. The van der Waals surface area contributed by atoms with E-state index in [1.165, 1.54) is 17.2 Å². The maximum Gasteiger partial charge on any atom is 0.109 e. The Labute approximate surface area is 110 Å². The zero-order valence-corrected chi connectivity index (χ0v) is 12.0. The summed E-state index contributed by atoms with van der Waals surface area (Å²) < 4.78 is 7.80. The second-order valence-corrected chi connectivity index (χ2v) is 5.60. The average molecular weight is 251 g/mol. The molecule has 1 atom stereocenters. The van der Waals surface area contributed by atoms with Gasteiger partial charge in [-0.15, -0.1) is 0 Å². The summed E-state index contributed by atoms with van der Waals surface area (Å²) in [6.07, 6.45) is 2.37. The smallest absolute Gasteiger partial charge is 0.109 e. The first kappa shape index (κ1) is 13.6. The van der Waals surface area contributed by atoms with Gasteiger partial charge in [0.2, 0.25) is 0 Å². The lowest BCUT2D eigenvalue weighted by molar-refractivity contribution is 0.101. The molecule has 2 rings (SSSR count). The van der Waals surface area contributed by atoms with Crippen molar-refractivity contribution in [3.05, 3.63) is 17.2 Å². The number of imidazole rings is 1. The van der Waals surface area contributed by atoms with Gasteiger partial charge in [-0.25, -0.2) is 4.98 Å². The van der Waals surface area contributed by atoms with Crippen molar-refractivity contribution < 1.29 is 4.74 Å². The third kappa shape index (κ3) is 2.93. The maximum atomic E-state index is 5.41. The van der Waals surface area contributed by atoms with Gasteiger partial charge >= 0.3 is 0 Å². The summed E-state index contributed by atoms with van der Waals surface area (Å²) in [5, 5.41) is 3.40. The zero-order chi connectivity index (χ0) is 13.1. The molecular weight excluding hydrogens is 226 g/mol. The quantitative estimate of drug-likeness (QED) is 0.867. The Morgan fingerprint density at radius 3 is 2.83 bits per heavy atom. The number of ether oxygens (including phenoxy) is 1. The van der Waals surface area contributed by atoms with E-state index in [1.807, 2.05) is 0 Å². The van der Waals surface area contributed by atoms with Crippen LogP contribution in [-0.4, -0.2) is 29.3 Å². The van der Waals surface area contributed by atoms with Crippen LogP contribution in [0.5, 0.6) is 0 Å². The van der Waals surface area contributed by atoms with Crippen molar-refractivity contribution in [2.75, 3.05) is 13.7 Å². The lowest BCUT2D eigenvalue weighted by Crippen LogP contribution is -2.26. The molecule has 0 bridgehead atoms. The van der Waals surface area contributed by atoms with Crippen molar-refractivity contribution in [3.63, 3.8) is 0 Å². The third-order valence-electron chi connectivity index (χ3n) is 3.50. The van der Waals surface area contributed by atoms with E-state index in [1.54, 1.807) is 7.11 Å². The lowest BCUT2D eigenvalue weighted by atomic mass is 10.1. The molecule has 0 aromatic carbocycles. The molecule has 2 heterocycles. The van der Waals surface area contributed by atoms with E-state index in [-0.39, 0.29) is 6.10 Å². The minimum absolute atomic E-state index is 0.240. The van der Waals surface area contributed by atoms with Crippen LogP contribution >= 0.6 is 0 Å². The summed E-state index contributed by atoms with van der Waals surface area (Å²) in [7, 11) is 1.78. The first-order valence-corrected chi connectivity index (χ1v) is 6.92. The van der Waals surface area contributed by atoms with Crippen LogP contribution < -0.4 is 5.32 Å². The van der Waals surface area contributed by atoms with Gasteiger partial charge in [0.05, 0.1) is 11.8 Å². The first-order chi connectivity index (χ1) is 8.61. The van der Waals surface area contributed by atoms with Gasteiger partial charge in [0.1, 0.15) is 5.82 Å². The van der Waals surface area contributed by atoms with Crippen molar-refractivity contribution in [1.82, 2.24) is 14.9 Å². The van der Waals surface area contributed by atoms with Gasteiger partial charge in [-0.2, -0.15) is 0 Å². The Kier molecular flexibility index (Phi) is 4.40. The van der Waals surface area contributed by atoms with E-state index in [9.17, 15) is 0 Å². The summed E-state index contributed by atoms with van der Waals surface area (Å²) in [5.74, 6) is 1.86. The Hall–Kier alpha value is -0.870. The van der Waals surface area contributed by atoms with E-state index in [4.69, 9.17) is 9.72 Å². The summed E-state index contributed by atoms with van der Waals surface area (Å²) in [5.41, 5.74) is 2.65. The fourth-order valence-electron chi connectivity index (χ4n) is 2.49. The summed E-state index contributed by atoms with van der Waals surface area (Å²) in [6, 6.07) is 0. The van der Waals surface area contributed by atoms with Crippen molar-refractivity contribution >= 4 is 0 Å². The Balaban J connectivity index is 2.29. The largest absolute Gasteiger partial charge is 0.380 e. The van der Waals surface area contributed by atoms with E-state index in [0.717, 1.165) is 32.5 Å². The van der Waals surface area contributed by atoms with E-state index < -0.39 is 0 Å². The van der Waals surface area contributed by atoms with Crippen LogP contribution in [0.3, 0.4) is 0 Å². The Bertz CT molecular complexity index is 398. The molecule has 1 aliphatic heterocycles. The number of hydrogen-bond donors (Lipinski definition) is 1. The average Bonchev–Trinajstić information content (AvgIpc) is 2.66. The van der Waals surface area contributed by atoms with Crippen LogP contribution in [0.1, 0.15) is 38.0 Å². The van der Waals surface area contributed by atoms with E-state index in [2.05, 4.69) is 30.7 Å². The second-order valence-electron chi connectivity index (χ2n) is 5.60. The molecule has 1 N–H and O–H groups in total. The van der Waals surface area contributed by atoms with Crippen LogP contribution in [0.15, 0.2) is 0 Å². The molecular formula is C14H25N3O. The van der Waals surface area contributed by atoms with Crippen LogP contribution in [0.25, 0.3) is 0 Å². The Morgan fingerprint density at radius 1 is 1.39 bits per heavy atom. The van der Waals surface area contributed by atoms with E-state index >= 15 is 0 Å². The van der Waals surface area contributed by atoms with Crippen molar-refractivity contribution in [2.24, 2.45) is 5.92 Å². The highest BCUT2D eigenvalue weighted by Gasteiger charge is 2.21. The van der Waals surface area contributed by atoms with Gasteiger partial charge < -0.3 is 14.6 Å². The number of rotatable bonds is 5. The van der Waals surface area contributed by atoms with Gasteiger partial charge in [0, 0.05) is 45.3 Å². The predicted octanol–water partition coefficient (Wildman–Crippen LogP) is 1.76. The number of fused-ring (bicyclic) bond motifs is 1. The summed E-state index contributed by atoms with van der Waals surface area (Å²) >= 11 is 0. The molecule has 102 valence electrons. The lowest BCUT2D eigenvalue weighted by Gasteiger charge is -2.19. The highest BCUT2D eigenvalue weighted by molar-refractivity contribution is 5.20. The molecule has 0 saturated heterocycles. The third-order valence-corrected chi connectivity index (χ3v) is 3.50. The van der Waals surface area contributed by atoms with Gasteiger partial charge in [-0.1, -0.05) is 13.8 Å². The number of nitrogens with zero attached hydrogens (tertiary/aromatic N) is 2. The van der Waals surface area contributed by atoms with Gasteiger partial charge in [-0.05, 0) is 12.8 Å². The Morgan fingerprint density at radius 2 is 2.17 bits per heavy atom. The molecule has 0 spiro atoms. The molecule has 1 aromatic rings.